The van der Waals surface area contributed by atoms with Gasteiger partial charge in [-0.25, -0.2) is 5.43 Å². The van der Waals surface area contributed by atoms with Gasteiger partial charge in [-0.05, 0) is 61.4 Å². The van der Waals surface area contributed by atoms with Crippen LogP contribution in [0, 0.1) is 13.8 Å². The van der Waals surface area contributed by atoms with Crippen LogP contribution in [-0.4, -0.2) is 18.7 Å². The van der Waals surface area contributed by atoms with E-state index in [4.69, 9.17) is 9.15 Å². The third kappa shape index (κ3) is 5.41. The van der Waals surface area contributed by atoms with Crippen molar-refractivity contribution < 1.29 is 13.9 Å². The molecule has 0 aliphatic heterocycles. The number of carbonyl (C=O) groups is 1. The number of amides is 1. The molecule has 0 aliphatic carbocycles. The van der Waals surface area contributed by atoms with Crippen LogP contribution in [0.4, 0.5) is 0 Å². The van der Waals surface area contributed by atoms with Crippen molar-refractivity contribution in [2.24, 2.45) is 5.10 Å². The number of halogens is 1. The molecular formula is C17H17BrN2O3. The summed E-state index contributed by atoms with van der Waals surface area (Å²) in [4.78, 5) is 11.7. The highest BCUT2D eigenvalue weighted by Gasteiger charge is 2.08. The van der Waals surface area contributed by atoms with E-state index in [-0.39, 0.29) is 12.5 Å². The van der Waals surface area contributed by atoms with Crippen LogP contribution in [0.25, 0.3) is 6.08 Å². The van der Waals surface area contributed by atoms with Gasteiger partial charge in [-0.15, -0.1) is 0 Å². The van der Waals surface area contributed by atoms with Gasteiger partial charge in [0.25, 0.3) is 5.91 Å². The van der Waals surface area contributed by atoms with Crippen LogP contribution >= 0.6 is 15.9 Å². The molecule has 2 aromatic rings. The first-order chi connectivity index (χ1) is 11.1. The number of nitrogens with zero attached hydrogens (tertiary/aromatic N) is 1. The molecule has 0 saturated carbocycles. The van der Waals surface area contributed by atoms with Crippen molar-refractivity contribution in [3.63, 3.8) is 0 Å². The summed E-state index contributed by atoms with van der Waals surface area (Å²) in [7, 11) is 0. The van der Waals surface area contributed by atoms with E-state index >= 15 is 0 Å². The zero-order chi connectivity index (χ0) is 16.7. The van der Waals surface area contributed by atoms with Crippen LogP contribution in [0.5, 0.6) is 5.75 Å². The fourth-order valence-corrected chi connectivity index (χ4v) is 2.66. The summed E-state index contributed by atoms with van der Waals surface area (Å²) >= 11 is 3.42. The number of hydrogen-bond donors (Lipinski definition) is 1. The number of benzene rings is 1. The molecule has 120 valence electrons. The molecule has 6 heteroatoms. The van der Waals surface area contributed by atoms with Gasteiger partial charge in [0.1, 0.15) is 11.5 Å². The van der Waals surface area contributed by atoms with Crippen LogP contribution in [0.1, 0.15) is 16.9 Å². The number of ether oxygens (including phenoxy) is 1. The molecule has 0 spiro atoms. The van der Waals surface area contributed by atoms with Crippen molar-refractivity contribution in [3.05, 3.63) is 58.0 Å². The molecular weight excluding hydrogens is 360 g/mol. The van der Waals surface area contributed by atoms with Crippen LogP contribution in [0.2, 0.25) is 0 Å². The minimum atomic E-state index is -0.325. The van der Waals surface area contributed by atoms with Gasteiger partial charge in [0.05, 0.1) is 6.26 Å². The van der Waals surface area contributed by atoms with E-state index in [1.54, 1.807) is 24.5 Å². The monoisotopic (exact) mass is 376 g/mol. The van der Waals surface area contributed by atoms with Crippen molar-refractivity contribution in [2.45, 2.75) is 13.8 Å². The second-order valence-corrected chi connectivity index (χ2v) is 5.76. The van der Waals surface area contributed by atoms with Crippen LogP contribution < -0.4 is 10.2 Å². The Morgan fingerprint density at radius 1 is 1.39 bits per heavy atom. The molecule has 0 fully saturated rings. The Balaban J connectivity index is 1.79. The first-order valence-electron chi connectivity index (χ1n) is 6.98. The Bertz CT molecular complexity index is 698. The Hall–Kier alpha value is -2.34. The predicted molar refractivity (Wildman–Crippen MR) is 93.5 cm³/mol. The number of allylic oxidation sites excluding steroid dienone is 1. The molecule has 0 atom stereocenters. The summed E-state index contributed by atoms with van der Waals surface area (Å²) in [5.41, 5.74) is 4.33. The average Bonchev–Trinajstić information content (AvgIpc) is 2.99. The molecule has 0 aliphatic rings. The van der Waals surface area contributed by atoms with Gasteiger partial charge < -0.3 is 9.15 Å². The second-order valence-electron chi connectivity index (χ2n) is 4.85. The average molecular weight is 377 g/mol. The van der Waals surface area contributed by atoms with E-state index < -0.39 is 0 Å². The lowest BCUT2D eigenvalue weighted by Crippen LogP contribution is -2.24. The largest absolute Gasteiger partial charge is 0.483 e. The van der Waals surface area contributed by atoms with Gasteiger partial charge in [-0.1, -0.05) is 15.9 Å². The second kappa shape index (κ2) is 8.33. The van der Waals surface area contributed by atoms with E-state index in [9.17, 15) is 4.79 Å². The maximum absolute atomic E-state index is 11.7. The maximum Gasteiger partial charge on any atom is 0.277 e. The van der Waals surface area contributed by atoms with Gasteiger partial charge in [-0.2, -0.15) is 5.10 Å². The van der Waals surface area contributed by atoms with Crippen LogP contribution in [-0.2, 0) is 4.79 Å². The van der Waals surface area contributed by atoms with E-state index in [0.717, 1.165) is 15.6 Å². The quantitative estimate of drug-likeness (QED) is 0.614. The number of aryl methyl sites for hydroxylation is 2. The standard InChI is InChI=1S/C17H17BrN2O3/c1-12-9-14(18)10-13(2)17(12)23-11-16(21)20-19-7-3-5-15-6-4-8-22-15/h3-10H,11H2,1-2H3,(H,20,21)/b5-3+,19-7-. The Morgan fingerprint density at radius 2 is 2.13 bits per heavy atom. The van der Waals surface area contributed by atoms with Crippen molar-refractivity contribution in [1.29, 1.82) is 0 Å². The summed E-state index contributed by atoms with van der Waals surface area (Å²) in [6, 6.07) is 7.50. The topological polar surface area (TPSA) is 63.8 Å². The summed E-state index contributed by atoms with van der Waals surface area (Å²) in [5.74, 6) is 1.10. The highest BCUT2D eigenvalue weighted by atomic mass is 79.9. The predicted octanol–water partition coefficient (Wildman–Crippen LogP) is 3.85. The summed E-state index contributed by atoms with van der Waals surface area (Å²) < 4.78 is 11.7. The van der Waals surface area contributed by atoms with Gasteiger partial charge in [0.2, 0.25) is 0 Å². The molecule has 1 N–H and O–H groups in total. The molecule has 2 rings (SSSR count). The third-order valence-corrected chi connectivity index (χ3v) is 3.38. The SMILES string of the molecule is Cc1cc(Br)cc(C)c1OCC(=O)N/N=C\C=C\c1ccco1. The Labute approximate surface area is 143 Å². The van der Waals surface area contributed by atoms with Crippen molar-refractivity contribution in [2.75, 3.05) is 6.61 Å². The van der Waals surface area contributed by atoms with E-state index in [0.29, 0.717) is 11.5 Å². The summed E-state index contributed by atoms with van der Waals surface area (Å²) in [6.07, 6.45) is 6.46. The lowest BCUT2D eigenvalue weighted by molar-refractivity contribution is -0.123. The number of hydrogen-bond acceptors (Lipinski definition) is 4. The fourth-order valence-electron chi connectivity index (χ4n) is 1.97. The highest BCUT2D eigenvalue weighted by molar-refractivity contribution is 9.10. The number of carbonyl (C=O) groups excluding carboxylic acids is 1. The zero-order valence-electron chi connectivity index (χ0n) is 12.9. The summed E-state index contributed by atoms with van der Waals surface area (Å²) in [5, 5.41) is 3.80. The van der Waals surface area contributed by atoms with E-state index in [1.165, 1.54) is 6.21 Å². The minimum Gasteiger partial charge on any atom is -0.483 e. The van der Waals surface area contributed by atoms with Crippen molar-refractivity contribution in [1.82, 2.24) is 5.43 Å². The first kappa shape index (κ1) is 17.0. The number of rotatable bonds is 6. The molecule has 1 aromatic heterocycles. The normalized spacial score (nSPS) is 11.3. The number of nitrogens with one attached hydrogen (secondary N) is 1. The molecule has 1 heterocycles. The smallest absolute Gasteiger partial charge is 0.277 e. The van der Waals surface area contributed by atoms with Gasteiger partial charge >= 0.3 is 0 Å². The molecule has 0 radical (unpaired) electrons. The maximum atomic E-state index is 11.7. The summed E-state index contributed by atoms with van der Waals surface area (Å²) in [6.45, 7) is 3.77. The molecule has 5 nitrogen and oxygen atoms in total. The first-order valence-corrected chi connectivity index (χ1v) is 7.77. The number of furan rings is 1. The highest BCUT2D eigenvalue weighted by Crippen LogP contribution is 2.27. The van der Waals surface area contributed by atoms with E-state index in [2.05, 4.69) is 26.5 Å². The Morgan fingerprint density at radius 3 is 2.78 bits per heavy atom. The molecule has 1 aromatic carbocycles. The molecule has 0 unspecified atom stereocenters. The number of hydrazone groups is 1. The molecule has 1 amide bonds. The molecule has 23 heavy (non-hydrogen) atoms. The van der Waals surface area contributed by atoms with Crippen LogP contribution in [0.3, 0.4) is 0 Å². The Kier molecular flexibility index (Phi) is 6.17. The van der Waals surface area contributed by atoms with E-state index in [1.807, 2.05) is 32.0 Å². The fraction of sp³-hybridized carbons (Fsp3) is 0.176. The molecule has 0 bridgehead atoms. The van der Waals surface area contributed by atoms with Crippen LogP contribution in [0.15, 0.2) is 50.6 Å². The third-order valence-electron chi connectivity index (χ3n) is 2.93. The van der Waals surface area contributed by atoms with Gasteiger partial charge in [0, 0.05) is 10.7 Å². The van der Waals surface area contributed by atoms with Gasteiger partial charge in [0.15, 0.2) is 6.61 Å². The zero-order valence-corrected chi connectivity index (χ0v) is 14.5. The van der Waals surface area contributed by atoms with Crippen molar-refractivity contribution >= 4 is 34.1 Å². The van der Waals surface area contributed by atoms with Crippen molar-refractivity contribution in [3.8, 4) is 5.75 Å². The minimum absolute atomic E-state index is 0.0947. The van der Waals surface area contributed by atoms with Gasteiger partial charge in [-0.3, -0.25) is 4.79 Å². The lowest BCUT2D eigenvalue weighted by Gasteiger charge is -2.11. The molecule has 0 saturated heterocycles. The lowest BCUT2D eigenvalue weighted by atomic mass is 10.1.